The van der Waals surface area contributed by atoms with Crippen molar-refractivity contribution in [2.45, 2.75) is 13.1 Å². The van der Waals surface area contributed by atoms with Crippen LogP contribution in [0.2, 0.25) is 0 Å². The maximum Gasteiger partial charge on any atom is 0.416 e. The summed E-state index contributed by atoms with van der Waals surface area (Å²) in [6, 6.07) is 5.38. The van der Waals surface area contributed by atoms with Gasteiger partial charge in [-0.25, -0.2) is 0 Å². The highest BCUT2D eigenvalue weighted by atomic mass is 19.4. The summed E-state index contributed by atoms with van der Waals surface area (Å²) in [7, 11) is 0. The van der Waals surface area contributed by atoms with Crippen molar-refractivity contribution in [2.75, 3.05) is 63.9 Å². The Labute approximate surface area is 157 Å². The molecule has 2 heterocycles. The monoisotopic (exact) mass is 385 g/mol. The topological polar surface area (TPSA) is 36.0 Å². The van der Waals surface area contributed by atoms with E-state index < -0.39 is 11.7 Å². The van der Waals surface area contributed by atoms with Gasteiger partial charge in [0.15, 0.2) is 0 Å². The van der Waals surface area contributed by atoms with E-state index in [-0.39, 0.29) is 11.8 Å². The van der Waals surface area contributed by atoms with Crippen molar-refractivity contribution in [1.29, 1.82) is 0 Å². The summed E-state index contributed by atoms with van der Waals surface area (Å²) >= 11 is 0. The third-order valence-electron chi connectivity index (χ3n) is 5.19. The average molecular weight is 385 g/mol. The predicted octanol–water partition coefficient (Wildman–Crippen LogP) is 2.32. The van der Waals surface area contributed by atoms with Crippen LogP contribution in [0.5, 0.6) is 0 Å². The molecule has 27 heavy (non-hydrogen) atoms. The van der Waals surface area contributed by atoms with E-state index >= 15 is 0 Å². The molecule has 0 aromatic heterocycles. The SMILES string of the molecule is C[C@H](CN1CCOCC1)C(=O)N1CCN(c2cccc(C(F)(F)F)c2)CC1. The molecule has 0 spiro atoms. The number of alkyl halides is 3. The largest absolute Gasteiger partial charge is 0.416 e. The summed E-state index contributed by atoms with van der Waals surface area (Å²) in [6.45, 7) is 7.90. The molecular weight excluding hydrogens is 359 g/mol. The van der Waals surface area contributed by atoms with Crippen molar-refractivity contribution in [3.05, 3.63) is 29.8 Å². The molecule has 3 rings (SSSR count). The van der Waals surface area contributed by atoms with Gasteiger partial charge in [-0.3, -0.25) is 9.69 Å². The van der Waals surface area contributed by atoms with Gasteiger partial charge < -0.3 is 14.5 Å². The van der Waals surface area contributed by atoms with E-state index in [1.165, 1.54) is 12.1 Å². The van der Waals surface area contributed by atoms with Crippen LogP contribution in [-0.4, -0.2) is 74.7 Å². The molecular formula is C19H26F3N3O2. The number of amides is 1. The van der Waals surface area contributed by atoms with Crippen LogP contribution in [0.4, 0.5) is 18.9 Å². The number of anilines is 1. The molecule has 0 aliphatic carbocycles. The molecule has 2 saturated heterocycles. The number of nitrogens with zero attached hydrogens (tertiary/aromatic N) is 3. The van der Waals surface area contributed by atoms with Gasteiger partial charge in [-0.1, -0.05) is 13.0 Å². The molecule has 0 saturated carbocycles. The van der Waals surface area contributed by atoms with E-state index in [4.69, 9.17) is 4.74 Å². The Bertz CT molecular complexity index is 639. The van der Waals surface area contributed by atoms with Crippen LogP contribution in [0, 0.1) is 5.92 Å². The molecule has 8 heteroatoms. The minimum atomic E-state index is -4.34. The zero-order chi connectivity index (χ0) is 19.4. The number of ether oxygens (including phenoxy) is 1. The molecule has 1 aromatic rings. The van der Waals surface area contributed by atoms with E-state index in [0.717, 1.165) is 25.7 Å². The fourth-order valence-electron chi connectivity index (χ4n) is 3.62. The Hall–Kier alpha value is -1.80. The van der Waals surface area contributed by atoms with Crippen molar-refractivity contribution < 1.29 is 22.7 Å². The lowest BCUT2D eigenvalue weighted by molar-refractivity contribution is -0.137. The third-order valence-corrected chi connectivity index (χ3v) is 5.19. The van der Waals surface area contributed by atoms with Gasteiger partial charge in [0.2, 0.25) is 5.91 Å². The number of piperazine rings is 1. The van der Waals surface area contributed by atoms with Crippen molar-refractivity contribution in [3.63, 3.8) is 0 Å². The number of hydrogen-bond acceptors (Lipinski definition) is 4. The summed E-state index contributed by atoms with van der Waals surface area (Å²) < 4.78 is 44.0. The first-order valence-electron chi connectivity index (χ1n) is 9.35. The lowest BCUT2D eigenvalue weighted by Crippen LogP contribution is -2.51. The number of morpholine rings is 1. The summed E-state index contributed by atoms with van der Waals surface area (Å²) in [4.78, 5) is 18.7. The van der Waals surface area contributed by atoms with E-state index in [1.807, 2.05) is 16.7 Å². The zero-order valence-electron chi connectivity index (χ0n) is 15.5. The quantitative estimate of drug-likeness (QED) is 0.797. The Balaban J connectivity index is 1.53. The molecule has 1 amide bonds. The van der Waals surface area contributed by atoms with E-state index in [2.05, 4.69) is 4.90 Å². The highest BCUT2D eigenvalue weighted by Crippen LogP contribution is 2.31. The molecule has 0 N–H and O–H groups in total. The van der Waals surface area contributed by atoms with Crippen molar-refractivity contribution in [2.24, 2.45) is 5.92 Å². The average Bonchev–Trinajstić information content (AvgIpc) is 2.68. The van der Waals surface area contributed by atoms with Gasteiger partial charge in [0.1, 0.15) is 0 Å². The maximum atomic E-state index is 12.9. The molecule has 2 aliphatic rings. The lowest BCUT2D eigenvalue weighted by atomic mass is 10.1. The fraction of sp³-hybridized carbons (Fsp3) is 0.632. The first-order chi connectivity index (χ1) is 12.8. The van der Waals surface area contributed by atoms with E-state index in [9.17, 15) is 18.0 Å². The van der Waals surface area contributed by atoms with Gasteiger partial charge in [-0.15, -0.1) is 0 Å². The van der Waals surface area contributed by atoms with Crippen LogP contribution < -0.4 is 4.90 Å². The second kappa shape index (κ2) is 8.48. The summed E-state index contributed by atoms with van der Waals surface area (Å²) in [5, 5.41) is 0. The summed E-state index contributed by atoms with van der Waals surface area (Å²) in [5.74, 6) is 0.0217. The Morgan fingerprint density at radius 3 is 2.41 bits per heavy atom. The lowest BCUT2D eigenvalue weighted by Gasteiger charge is -2.38. The van der Waals surface area contributed by atoms with Gasteiger partial charge in [0.05, 0.1) is 18.8 Å². The Morgan fingerprint density at radius 1 is 1.11 bits per heavy atom. The summed E-state index contributed by atoms with van der Waals surface area (Å²) in [6.07, 6.45) is -4.34. The second-order valence-corrected chi connectivity index (χ2v) is 7.17. The minimum Gasteiger partial charge on any atom is -0.379 e. The first-order valence-corrected chi connectivity index (χ1v) is 9.35. The molecule has 5 nitrogen and oxygen atoms in total. The van der Waals surface area contributed by atoms with Crippen molar-refractivity contribution in [1.82, 2.24) is 9.80 Å². The van der Waals surface area contributed by atoms with Crippen LogP contribution in [0.25, 0.3) is 0 Å². The van der Waals surface area contributed by atoms with Crippen LogP contribution >= 0.6 is 0 Å². The molecule has 150 valence electrons. The van der Waals surface area contributed by atoms with Crippen molar-refractivity contribution >= 4 is 11.6 Å². The molecule has 0 bridgehead atoms. The van der Waals surface area contributed by atoms with E-state index in [1.54, 1.807) is 6.07 Å². The summed E-state index contributed by atoms with van der Waals surface area (Å²) in [5.41, 5.74) is -0.0871. The number of rotatable bonds is 4. The molecule has 1 aromatic carbocycles. The molecule has 0 unspecified atom stereocenters. The number of carbonyl (C=O) groups is 1. The molecule has 1 atom stereocenters. The smallest absolute Gasteiger partial charge is 0.379 e. The zero-order valence-corrected chi connectivity index (χ0v) is 15.5. The highest BCUT2D eigenvalue weighted by Gasteiger charge is 2.31. The van der Waals surface area contributed by atoms with Gasteiger partial charge in [0.25, 0.3) is 0 Å². The fourth-order valence-corrected chi connectivity index (χ4v) is 3.62. The van der Waals surface area contributed by atoms with Crippen LogP contribution in [-0.2, 0) is 15.7 Å². The number of benzene rings is 1. The van der Waals surface area contributed by atoms with Crippen LogP contribution in [0.1, 0.15) is 12.5 Å². The highest BCUT2D eigenvalue weighted by molar-refractivity contribution is 5.79. The number of carbonyl (C=O) groups excluding carboxylic acids is 1. The van der Waals surface area contributed by atoms with Gasteiger partial charge in [-0.05, 0) is 18.2 Å². The Kier molecular flexibility index (Phi) is 6.26. The number of hydrogen-bond donors (Lipinski definition) is 0. The third kappa shape index (κ3) is 5.13. The van der Waals surface area contributed by atoms with Gasteiger partial charge in [-0.2, -0.15) is 13.2 Å². The predicted molar refractivity (Wildman–Crippen MR) is 96.7 cm³/mol. The first kappa shape index (κ1) is 19.9. The van der Waals surface area contributed by atoms with Gasteiger partial charge >= 0.3 is 6.18 Å². The molecule has 2 aliphatic heterocycles. The second-order valence-electron chi connectivity index (χ2n) is 7.17. The normalized spacial score (nSPS) is 20.6. The van der Waals surface area contributed by atoms with Gasteiger partial charge in [0, 0.05) is 57.4 Å². The molecule has 2 fully saturated rings. The number of halogens is 3. The van der Waals surface area contributed by atoms with E-state index in [0.29, 0.717) is 45.1 Å². The standard InChI is InChI=1S/C19H26F3N3O2/c1-15(14-23-9-11-27-12-10-23)18(26)25-7-5-24(6-8-25)17-4-2-3-16(13-17)19(20,21)22/h2-4,13,15H,5-12,14H2,1H3/t15-/m1/s1. The van der Waals surface area contributed by atoms with Crippen molar-refractivity contribution in [3.8, 4) is 0 Å². The molecule has 0 radical (unpaired) electrons. The van der Waals surface area contributed by atoms with Crippen LogP contribution in [0.3, 0.4) is 0 Å². The van der Waals surface area contributed by atoms with Crippen LogP contribution in [0.15, 0.2) is 24.3 Å². The minimum absolute atomic E-state index is 0.0943. The maximum absolute atomic E-state index is 12.9. The Morgan fingerprint density at radius 2 is 1.78 bits per heavy atom.